The van der Waals surface area contributed by atoms with Crippen LogP contribution >= 0.6 is 24.0 Å². The van der Waals surface area contributed by atoms with Crippen LogP contribution in [0.5, 0.6) is 0 Å². The molecule has 9 heteroatoms. The molecule has 8 nitrogen and oxygen atoms in total. The third kappa shape index (κ3) is 5.53. The summed E-state index contributed by atoms with van der Waals surface area (Å²) in [5, 5.41) is 12.0. The first-order chi connectivity index (χ1) is 12.2. The van der Waals surface area contributed by atoms with Gasteiger partial charge in [0.05, 0.1) is 19.3 Å². The number of hydrogen-bond donors (Lipinski definition) is 1. The molecule has 1 saturated heterocycles. The van der Waals surface area contributed by atoms with Crippen LogP contribution < -0.4 is 5.32 Å². The molecule has 2 aliphatic rings. The van der Waals surface area contributed by atoms with Gasteiger partial charge in [-0.2, -0.15) is 0 Å². The van der Waals surface area contributed by atoms with Crippen molar-refractivity contribution in [1.82, 2.24) is 25.0 Å². The van der Waals surface area contributed by atoms with E-state index >= 15 is 0 Å². The van der Waals surface area contributed by atoms with Crippen molar-refractivity contribution in [2.45, 2.75) is 51.3 Å². The monoisotopic (exact) mass is 478 g/mol. The smallest absolute Gasteiger partial charge is 0.194 e. The van der Waals surface area contributed by atoms with Gasteiger partial charge in [-0.05, 0) is 19.8 Å². The number of ether oxygens (including phenoxy) is 2. The zero-order valence-electron chi connectivity index (χ0n) is 16.0. The fraction of sp³-hybridized carbons (Fsp3) is 0.824. The van der Waals surface area contributed by atoms with Gasteiger partial charge in [0.1, 0.15) is 12.4 Å². The van der Waals surface area contributed by atoms with Gasteiger partial charge in [0.25, 0.3) is 0 Å². The van der Waals surface area contributed by atoms with E-state index in [1.165, 1.54) is 25.7 Å². The number of aryl methyl sites for hydroxylation is 1. The number of halogens is 1. The fourth-order valence-electron chi connectivity index (χ4n) is 3.42. The first-order valence-electron chi connectivity index (χ1n) is 9.18. The summed E-state index contributed by atoms with van der Waals surface area (Å²) in [7, 11) is 3.69. The molecular weight excluding hydrogens is 447 g/mol. The van der Waals surface area contributed by atoms with E-state index in [0.717, 1.165) is 30.7 Å². The summed E-state index contributed by atoms with van der Waals surface area (Å²) in [6, 6.07) is 0.517. The summed E-state index contributed by atoms with van der Waals surface area (Å²) in [6.45, 7) is 5.42. The molecule has 0 bridgehead atoms. The second kappa shape index (κ2) is 10.4. The number of aliphatic imine (C=N–C) groups is 1. The van der Waals surface area contributed by atoms with Crippen molar-refractivity contribution >= 4 is 29.9 Å². The molecule has 0 spiro atoms. The summed E-state index contributed by atoms with van der Waals surface area (Å²) in [4.78, 5) is 7.15. The molecule has 1 saturated carbocycles. The SMILES string of the molecule is COCC1CN(C(=NCc2nnc(C)n2C)NC2CCCC2)CCO1.I. The number of nitrogens with zero attached hydrogens (tertiary/aromatic N) is 5. The van der Waals surface area contributed by atoms with Crippen molar-refractivity contribution in [2.24, 2.45) is 12.0 Å². The Bertz CT molecular complexity index is 586. The van der Waals surface area contributed by atoms with Gasteiger partial charge in [0.2, 0.25) is 0 Å². The van der Waals surface area contributed by atoms with E-state index in [1.54, 1.807) is 7.11 Å². The molecule has 1 N–H and O–H groups in total. The highest BCUT2D eigenvalue weighted by atomic mass is 127. The summed E-state index contributed by atoms with van der Waals surface area (Å²) in [5.74, 6) is 2.74. The molecule has 3 rings (SSSR count). The molecule has 26 heavy (non-hydrogen) atoms. The average molecular weight is 478 g/mol. The molecule has 1 atom stereocenters. The quantitative estimate of drug-likeness (QED) is 0.393. The van der Waals surface area contributed by atoms with Crippen LogP contribution in [0.3, 0.4) is 0 Å². The van der Waals surface area contributed by atoms with Gasteiger partial charge in [-0.15, -0.1) is 34.2 Å². The molecule has 0 amide bonds. The molecule has 2 fully saturated rings. The molecule has 1 aromatic heterocycles. The normalized spacial score (nSPS) is 21.7. The molecule has 0 aromatic carbocycles. The molecule has 1 aliphatic carbocycles. The molecular formula is C17H31IN6O2. The Hall–Kier alpha value is -0.940. The van der Waals surface area contributed by atoms with Crippen LogP contribution in [0.1, 0.15) is 37.3 Å². The Morgan fingerprint density at radius 1 is 1.35 bits per heavy atom. The summed E-state index contributed by atoms with van der Waals surface area (Å²) >= 11 is 0. The maximum absolute atomic E-state index is 5.78. The highest BCUT2D eigenvalue weighted by Gasteiger charge is 2.25. The molecule has 1 aliphatic heterocycles. The van der Waals surface area contributed by atoms with Crippen molar-refractivity contribution in [1.29, 1.82) is 0 Å². The van der Waals surface area contributed by atoms with Crippen molar-refractivity contribution in [3.05, 3.63) is 11.6 Å². The van der Waals surface area contributed by atoms with Crippen LogP contribution in [-0.2, 0) is 23.1 Å². The Kier molecular flexibility index (Phi) is 8.55. The minimum Gasteiger partial charge on any atom is -0.382 e. The third-order valence-electron chi connectivity index (χ3n) is 5.03. The fourth-order valence-corrected chi connectivity index (χ4v) is 3.42. The van der Waals surface area contributed by atoms with Crippen molar-refractivity contribution in [2.75, 3.05) is 33.4 Å². The maximum Gasteiger partial charge on any atom is 0.194 e. The van der Waals surface area contributed by atoms with E-state index in [4.69, 9.17) is 14.5 Å². The maximum atomic E-state index is 5.78. The molecule has 0 radical (unpaired) electrons. The largest absolute Gasteiger partial charge is 0.382 e. The Morgan fingerprint density at radius 3 is 2.77 bits per heavy atom. The van der Waals surface area contributed by atoms with Crippen molar-refractivity contribution in [3.63, 3.8) is 0 Å². The second-order valence-corrected chi connectivity index (χ2v) is 6.88. The topological polar surface area (TPSA) is 76.8 Å². The van der Waals surface area contributed by atoms with Gasteiger partial charge in [-0.1, -0.05) is 12.8 Å². The van der Waals surface area contributed by atoms with Crippen LogP contribution in [0.25, 0.3) is 0 Å². The van der Waals surface area contributed by atoms with Gasteiger partial charge in [0, 0.05) is 33.3 Å². The third-order valence-corrected chi connectivity index (χ3v) is 5.03. The minimum atomic E-state index is 0. The number of rotatable bonds is 5. The van der Waals surface area contributed by atoms with E-state index in [1.807, 2.05) is 18.5 Å². The van der Waals surface area contributed by atoms with E-state index in [-0.39, 0.29) is 30.1 Å². The van der Waals surface area contributed by atoms with Crippen LogP contribution in [0.4, 0.5) is 0 Å². The Balaban J connectivity index is 0.00000243. The highest BCUT2D eigenvalue weighted by Crippen LogP contribution is 2.18. The number of hydrogen-bond acceptors (Lipinski definition) is 5. The van der Waals surface area contributed by atoms with E-state index in [0.29, 0.717) is 25.8 Å². The lowest BCUT2D eigenvalue weighted by Gasteiger charge is -2.35. The summed E-state index contributed by atoms with van der Waals surface area (Å²) in [6.07, 6.45) is 5.11. The van der Waals surface area contributed by atoms with Crippen LogP contribution in [0, 0.1) is 6.92 Å². The van der Waals surface area contributed by atoms with E-state index < -0.39 is 0 Å². The first-order valence-corrected chi connectivity index (χ1v) is 9.18. The number of methoxy groups -OCH3 is 1. The van der Waals surface area contributed by atoms with Crippen LogP contribution in [-0.4, -0.2) is 71.2 Å². The van der Waals surface area contributed by atoms with Gasteiger partial charge in [0.15, 0.2) is 11.8 Å². The molecule has 2 heterocycles. The molecule has 1 aromatic rings. The number of morpholine rings is 1. The first kappa shape index (κ1) is 21.4. The second-order valence-electron chi connectivity index (χ2n) is 6.88. The minimum absolute atomic E-state index is 0. The number of guanidine groups is 1. The molecule has 1 unspecified atom stereocenters. The summed E-state index contributed by atoms with van der Waals surface area (Å²) in [5.41, 5.74) is 0. The predicted molar refractivity (Wildman–Crippen MR) is 111 cm³/mol. The standard InChI is InChI=1S/C17H30N6O2.HI/c1-13-20-21-16(22(13)2)10-18-17(19-14-6-4-5-7-14)23-8-9-25-15(11-23)12-24-3;/h14-15H,4-12H2,1-3H3,(H,18,19);1H. The van der Waals surface area contributed by atoms with E-state index in [2.05, 4.69) is 20.4 Å². The number of nitrogens with one attached hydrogen (secondary N) is 1. The van der Waals surface area contributed by atoms with Gasteiger partial charge in [-0.25, -0.2) is 4.99 Å². The zero-order chi connectivity index (χ0) is 17.6. The zero-order valence-corrected chi connectivity index (χ0v) is 18.3. The van der Waals surface area contributed by atoms with Crippen LogP contribution in [0.2, 0.25) is 0 Å². The number of aromatic nitrogens is 3. The lowest BCUT2D eigenvalue weighted by Crippen LogP contribution is -2.53. The van der Waals surface area contributed by atoms with Crippen LogP contribution in [0.15, 0.2) is 4.99 Å². The van der Waals surface area contributed by atoms with Gasteiger partial charge >= 0.3 is 0 Å². The van der Waals surface area contributed by atoms with Crippen molar-refractivity contribution < 1.29 is 9.47 Å². The predicted octanol–water partition coefficient (Wildman–Crippen LogP) is 1.48. The highest BCUT2D eigenvalue weighted by molar-refractivity contribution is 14.0. The summed E-state index contributed by atoms with van der Waals surface area (Å²) < 4.78 is 13.0. The molecule has 148 valence electrons. The lowest BCUT2D eigenvalue weighted by molar-refractivity contribution is -0.0448. The van der Waals surface area contributed by atoms with Gasteiger partial charge < -0.3 is 24.3 Å². The Morgan fingerprint density at radius 2 is 2.12 bits per heavy atom. The van der Waals surface area contributed by atoms with E-state index in [9.17, 15) is 0 Å². The van der Waals surface area contributed by atoms with Gasteiger partial charge in [-0.3, -0.25) is 0 Å². The lowest BCUT2D eigenvalue weighted by atomic mass is 10.2. The average Bonchev–Trinajstić information content (AvgIpc) is 3.24. The Labute approximate surface area is 172 Å². The van der Waals surface area contributed by atoms with Crippen molar-refractivity contribution in [3.8, 4) is 0 Å².